The summed E-state index contributed by atoms with van der Waals surface area (Å²) in [6.07, 6.45) is 3.68. The number of aliphatic imine (C=N–C) groups is 1. The van der Waals surface area contributed by atoms with E-state index in [2.05, 4.69) is 39.8 Å². The monoisotopic (exact) mass is 536 g/mol. The smallest absolute Gasteiger partial charge is 0.191 e. The molecule has 1 unspecified atom stereocenters. The Hall–Kier alpha value is -2.46. The maximum absolute atomic E-state index is 14.0. The second-order valence-electron chi connectivity index (χ2n) is 7.50. The first-order valence-electron chi connectivity index (χ1n) is 9.95. The van der Waals surface area contributed by atoms with Crippen molar-refractivity contribution < 1.29 is 4.39 Å². The number of halogens is 2. The fourth-order valence-electron chi connectivity index (χ4n) is 3.23. The Morgan fingerprint density at radius 1 is 1.19 bits per heavy atom. The highest BCUT2D eigenvalue weighted by molar-refractivity contribution is 14.0. The quantitative estimate of drug-likeness (QED) is 0.271. The summed E-state index contributed by atoms with van der Waals surface area (Å²) in [5.41, 5.74) is 3.82. The van der Waals surface area contributed by atoms with Gasteiger partial charge in [-0.3, -0.25) is 4.99 Å². The predicted octanol–water partition coefficient (Wildman–Crippen LogP) is 4.12. The number of nitrogens with one attached hydrogen (secondary N) is 2. The molecule has 1 aromatic heterocycles. The standard InChI is InChI=1S/C23H29FN6.HI/c1-17(19-7-5-8-21(14-19)30-12-6-11-27-30)28-23(25-2)26-15-18-9-10-22(24)20(13-18)16-29(3)4;/h5-14,17H,15-16H2,1-4H3,(H2,25,26,28);1H. The lowest BCUT2D eigenvalue weighted by Crippen LogP contribution is -2.38. The molecule has 3 aromatic rings. The zero-order chi connectivity index (χ0) is 21.5. The lowest BCUT2D eigenvalue weighted by atomic mass is 10.1. The van der Waals surface area contributed by atoms with Crippen molar-refractivity contribution >= 4 is 29.9 Å². The van der Waals surface area contributed by atoms with Crippen LogP contribution in [0.5, 0.6) is 0 Å². The van der Waals surface area contributed by atoms with Gasteiger partial charge < -0.3 is 15.5 Å². The van der Waals surface area contributed by atoms with Crippen LogP contribution in [0.3, 0.4) is 0 Å². The minimum Gasteiger partial charge on any atom is -0.352 e. The number of hydrogen-bond donors (Lipinski definition) is 2. The third-order valence-corrected chi connectivity index (χ3v) is 4.77. The third kappa shape index (κ3) is 7.03. The van der Waals surface area contributed by atoms with E-state index >= 15 is 0 Å². The van der Waals surface area contributed by atoms with Gasteiger partial charge in [-0.15, -0.1) is 24.0 Å². The summed E-state index contributed by atoms with van der Waals surface area (Å²) in [6.45, 7) is 3.21. The van der Waals surface area contributed by atoms with Crippen LogP contribution in [0.1, 0.15) is 29.7 Å². The van der Waals surface area contributed by atoms with E-state index in [1.807, 2.05) is 54.1 Å². The van der Waals surface area contributed by atoms with E-state index in [0.717, 1.165) is 16.8 Å². The average Bonchev–Trinajstić information content (AvgIpc) is 3.28. The Balaban J connectivity index is 0.00000341. The lowest BCUT2D eigenvalue weighted by Gasteiger charge is -2.19. The summed E-state index contributed by atoms with van der Waals surface area (Å²) in [5, 5.41) is 11.0. The molecule has 8 heteroatoms. The van der Waals surface area contributed by atoms with Crippen LogP contribution in [0.25, 0.3) is 5.69 Å². The molecule has 31 heavy (non-hydrogen) atoms. The predicted molar refractivity (Wildman–Crippen MR) is 135 cm³/mol. The summed E-state index contributed by atoms with van der Waals surface area (Å²) in [5.74, 6) is 0.506. The van der Waals surface area contributed by atoms with Gasteiger partial charge in [0.05, 0.1) is 11.7 Å². The van der Waals surface area contributed by atoms with Gasteiger partial charge in [0, 0.05) is 38.1 Å². The minimum atomic E-state index is -0.180. The molecule has 2 N–H and O–H groups in total. The third-order valence-electron chi connectivity index (χ3n) is 4.77. The second kappa shape index (κ2) is 11.8. The van der Waals surface area contributed by atoms with Gasteiger partial charge >= 0.3 is 0 Å². The van der Waals surface area contributed by atoms with Crippen molar-refractivity contribution in [1.29, 1.82) is 0 Å². The summed E-state index contributed by atoms with van der Waals surface area (Å²) >= 11 is 0. The van der Waals surface area contributed by atoms with Crippen LogP contribution < -0.4 is 10.6 Å². The molecule has 3 rings (SSSR count). The highest BCUT2D eigenvalue weighted by Crippen LogP contribution is 2.17. The van der Waals surface area contributed by atoms with E-state index < -0.39 is 0 Å². The van der Waals surface area contributed by atoms with Gasteiger partial charge in [0.25, 0.3) is 0 Å². The molecule has 1 heterocycles. The molecular formula is C23H30FIN6. The zero-order valence-corrected chi connectivity index (χ0v) is 20.7. The largest absolute Gasteiger partial charge is 0.352 e. The molecule has 1 atom stereocenters. The Morgan fingerprint density at radius 2 is 2.00 bits per heavy atom. The number of guanidine groups is 1. The molecule has 6 nitrogen and oxygen atoms in total. The Bertz CT molecular complexity index is 987. The van der Waals surface area contributed by atoms with Crippen molar-refractivity contribution in [2.75, 3.05) is 21.1 Å². The van der Waals surface area contributed by atoms with Gasteiger partial charge in [0.2, 0.25) is 0 Å². The first-order chi connectivity index (χ1) is 14.5. The highest BCUT2D eigenvalue weighted by Gasteiger charge is 2.10. The molecule has 166 valence electrons. The maximum atomic E-state index is 14.0. The Labute approximate surface area is 200 Å². The first kappa shape index (κ1) is 24.8. The fourth-order valence-corrected chi connectivity index (χ4v) is 3.23. The zero-order valence-electron chi connectivity index (χ0n) is 18.3. The Morgan fingerprint density at radius 3 is 2.68 bits per heavy atom. The normalized spacial score (nSPS) is 12.4. The fraction of sp³-hybridized carbons (Fsp3) is 0.304. The van der Waals surface area contributed by atoms with Gasteiger partial charge in [-0.1, -0.05) is 18.2 Å². The molecule has 2 aromatic carbocycles. The molecular weight excluding hydrogens is 506 g/mol. The molecule has 0 aliphatic rings. The number of aromatic nitrogens is 2. The van der Waals surface area contributed by atoms with E-state index in [9.17, 15) is 4.39 Å². The molecule has 0 fully saturated rings. The van der Waals surface area contributed by atoms with Gasteiger partial charge in [-0.05, 0) is 62.5 Å². The summed E-state index contributed by atoms with van der Waals surface area (Å²) in [6, 6.07) is 15.4. The van der Waals surface area contributed by atoms with Crippen molar-refractivity contribution in [3.8, 4) is 5.69 Å². The van der Waals surface area contributed by atoms with Crippen LogP contribution in [0, 0.1) is 5.82 Å². The summed E-state index contributed by atoms with van der Waals surface area (Å²) in [7, 11) is 5.60. The number of benzene rings is 2. The molecule has 0 saturated carbocycles. The number of nitrogens with zero attached hydrogens (tertiary/aromatic N) is 4. The van der Waals surface area contributed by atoms with Crippen LogP contribution in [0.2, 0.25) is 0 Å². The Kier molecular flexibility index (Phi) is 9.44. The van der Waals surface area contributed by atoms with Gasteiger partial charge in [0.1, 0.15) is 5.82 Å². The van der Waals surface area contributed by atoms with E-state index in [1.54, 1.807) is 19.3 Å². The molecule has 0 bridgehead atoms. The van der Waals surface area contributed by atoms with Crippen molar-refractivity contribution in [3.63, 3.8) is 0 Å². The summed E-state index contributed by atoms with van der Waals surface area (Å²) in [4.78, 5) is 6.28. The van der Waals surface area contributed by atoms with Gasteiger partial charge in [-0.2, -0.15) is 5.10 Å². The van der Waals surface area contributed by atoms with Crippen LogP contribution in [0.15, 0.2) is 65.9 Å². The molecule has 0 saturated heterocycles. The second-order valence-corrected chi connectivity index (χ2v) is 7.50. The lowest BCUT2D eigenvalue weighted by molar-refractivity contribution is 0.392. The maximum Gasteiger partial charge on any atom is 0.191 e. The van der Waals surface area contributed by atoms with Crippen molar-refractivity contribution in [2.45, 2.75) is 26.1 Å². The van der Waals surface area contributed by atoms with Gasteiger partial charge in [-0.25, -0.2) is 9.07 Å². The van der Waals surface area contributed by atoms with Crippen LogP contribution in [0.4, 0.5) is 4.39 Å². The van der Waals surface area contributed by atoms with E-state index in [4.69, 9.17) is 0 Å². The van der Waals surface area contributed by atoms with E-state index in [1.165, 1.54) is 6.07 Å². The topological polar surface area (TPSA) is 57.5 Å². The van der Waals surface area contributed by atoms with Crippen LogP contribution in [-0.4, -0.2) is 41.8 Å². The average molecular weight is 536 g/mol. The van der Waals surface area contributed by atoms with Crippen LogP contribution >= 0.6 is 24.0 Å². The molecule has 0 amide bonds. The molecule has 0 aliphatic heterocycles. The van der Waals surface area contributed by atoms with Crippen molar-refractivity contribution in [3.05, 3.63) is 83.4 Å². The summed E-state index contributed by atoms with van der Waals surface area (Å²) < 4.78 is 15.8. The van der Waals surface area contributed by atoms with Gasteiger partial charge in [0.15, 0.2) is 5.96 Å². The van der Waals surface area contributed by atoms with E-state index in [-0.39, 0.29) is 35.8 Å². The SMILES string of the molecule is CN=C(NCc1ccc(F)c(CN(C)C)c1)NC(C)c1cccc(-n2cccn2)c1.I. The van der Waals surface area contributed by atoms with Crippen LogP contribution in [-0.2, 0) is 13.1 Å². The molecule has 0 aliphatic carbocycles. The molecule has 0 radical (unpaired) electrons. The minimum absolute atomic E-state index is 0. The first-order valence-corrected chi connectivity index (χ1v) is 9.95. The van der Waals surface area contributed by atoms with Crippen molar-refractivity contribution in [1.82, 2.24) is 25.3 Å². The highest BCUT2D eigenvalue weighted by atomic mass is 127. The molecule has 0 spiro atoms. The number of rotatable bonds is 7. The van der Waals surface area contributed by atoms with E-state index in [0.29, 0.717) is 24.6 Å². The van der Waals surface area contributed by atoms with Crippen molar-refractivity contribution in [2.24, 2.45) is 4.99 Å². The number of hydrogen-bond acceptors (Lipinski definition) is 3.